The first kappa shape index (κ1) is 9.79. The van der Waals surface area contributed by atoms with Crippen molar-refractivity contribution in [2.24, 2.45) is 11.5 Å². The highest BCUT2D eigenvalue weighted by Gasteiger charge is 2.03. The van der Waals surface area contributed by atoms with Crippen LogP contribution in [-0.4, -0.2) is 31.6 Å². The van der Waals surface area contributed by atoms with Crippen molar-refractivity contribution in [1.29, 1.82) is 0 Å². The predicted octanol–water partition coefficient (Wildman–Crippen LogP) is -2.34. The Morgan fingerprint density at radius 1 is 1.50 bits per heavy atom. The second-order valence-electron chi connectivity index (χ2n) is 1.77. The number of nitrogens with two attached hydrogens (primary N) is 2. The molecule has 0 aliphatic rings. The summed E-state index contributed by atoms with van der Waals surface area (Å²) < 4.78 is 28.3. The molecule has 6 nitrogen and oxygen atoms in total. The van der Waals surface area contributed by atoms with Crippen molar-refractivity contribution in [3.8, 4) is 0 Å². The van der Waals surface area contributed by atoms with E-state index in [1.807, 2.05) is 0 Å². The summed E-state index contributed by atoms with van der Waals surface area (Å²) >= 11 is 0. The largest absolute Gasteiger partial charge is 0.304 e. The summed E-state index contributed by atoms with van der Waals surface area (Å²) in [6.07, 6.45) is -0.748. The molecule has 0 aliphatic carbocycles. The lowest BCUT2D eigenvalue weighted by Gasteiger charge is -2.05. The summed E-state index contributed by atoms with van der Waals surface area (Å²) in [6, 6.07) is 0. The number of hydrogen-bond donors (Lipinski definition) is 4. The molecule has 0 aromatic rings. The molecular weight excluding hydrogens is 158 g/mol. The first-order valence-electron chi connectivity index (χ1n) is 2.61. The standard InChI is InChI=1S/C3H11N3O3S/c4-3(5)6-1-2-10(7,8)9/h3,6H,1-2,4-5H2,(H,7,8,9). The van der Waals surface area contributed by atoms with Gasteiger partial charge in [0.2, 0.25) is 0 Å². The van der Waals surface area contributed by atoms with Gasteiger partial charge in [0.1, 0.15) is 6.29 Å². The SMILES string of the molecule is NC(N)NCCS(=O)(=O)O. The van der Waals surface area contributed by atoms with Gasteiger partial charge in [0, 0.05) is 6.54 Å². The maximum absolute atomic E-state index is 10.0. The van der Waals surface area contributed by atoms with Crippen molar-refractivity contribution in [3.63, 3.8) is 0 Å². The third kappa shape index (κ3) is 7.79. The van der Waals surface area contributed by atoms with Gasteiger partial charge < -0.3 is 11.5 Å². The Balaban J connectivity index is 3.39. The quantitative estimate of drug-likeness (QED) is 0.277. The minimum absolute atomic E-state index is 0.0521. The molecule has 6 N–H and O–H groups in total. The van der Waals surface area contributed by atoms with E-state index in [0.717, 1.165) is 0 Å². The first-order chi connectivity index (χ1) is 4.42. The Labute approximate surface area is 59.3 Å². The highest BCUT2D eigenvalue weighted by molar-refractivity contribution is 7.85. The molecule has 0 aromatic carbocycles. The van der Waals surface area contributed by atoms with Gasteiger partial charge in [0.05, 0.1) is 5.75 Å². The molecule has 0 saturated carbocycles. The highest BCUT2D eigenvalue weighted by atomic mass is 32.2. The molecular formula is C3H11N3O3S. The normalized spacial score (nSPS) is 12.4. The monoisotopic (exact) mass is 169 g/mol. The van der Waals surface area contributed by atoms with Gasteiger partial charge >= 0.3 is 0 Å². The van der Waals surface area contributed by atoms with Gasteiger partial charge in [-0.1, -0.05) is 0 Å². The average molecular weight is 169 g/mol. The van der Waals surface area contributed by atoms with Gasteiger partial charge in [0.15, 0.2) is 0 Å². The second-order valence-corrected chi connectivity index (χ2v) is 3.34. The fourth-order valence-corrected chi connectivity index (χ4v) is 0.730. The lowest BCUT2D eigenvalue weighted by atomic mass is 10.7. The third-order valence-electron chi connectivity index (χ3n) is 0.740. The molecule has 0 aromatic heterocycles. The molecule has 0 bridgehead atoms. The van der Waals surface area contributed by atoms with Crippen LogP contribution in [0.2, 0.25) is 0 Å². The maximum Gasteiger partial charge on any atom is 0.266 e. The zero-order chi connectivity index (χ0) is 8.20. The minimum atomic E-state index is -3.89. The molecule has 0 spiro atoms. The fraction of sp³-hybridized carbons (Fsp3) is 1.00. The van der Waals surface area contributed by atoms with Gasteiger partial charge in [-0.3, -0.25) is 9.87 Å². The van der Waals surface area contributed by atoms with E-state index in [1.165, 1.54) is 0 Å². The van der Waals surface area contributed by atoms with Crippen LogP contribution in [0.1, 0.15) is 0 Å². The van der Waals surface area contributed by atoms with Crippen molar-refractivity contribution in [2.75, 3.05) is 12.3 Å². The topological polar surface area (TPSA) is 118 Å². The molecule has 0 amide bonds. The Morgan fingerprint density at radius 2 is 2.00 bits per heavy atom. The lowest BCUT2D eigenvalue weighted by Crippen LogP contribution is -2.46. The van der Waals surface area contributed by atoms with E-state index in [0.29, 0.717) is 0 Å². The molecule has 7 heteroatoms. The number of nitrogens with one attached hydrogen (secondary N) is 1. The van der Waals surface area contributed by atoms with E-state index in [-0.39, 0.29) is 12.3 Å². The van der Waals surface area contributed by atoms with Crippen molar-refractivity contribution in [3.05, 3.63) is 0 Å². The highest BCUT2D eigenvalue weighted by Crippen LogP contribution is 1.77. The molecule has 0 rings (SSSR count). The molecule has 0 unspecified atom stereocenters. The zero-order valence-corrected chi connectivity index (χ0v) is 6.13. The molecule has 10 heavy (non-hydrogen) atoms. The summed E-state index contributed by atoms with van der Waals surface area (Å²) in [6.45, 7) is 0.0521. The van der Waals surface area contributed by atoms with Crippen LogP contribution in [0.3, 0.4) is 0 Å². The lowest BCUT2D eigenvalue weighted by molar-refractivity contribution is 0.476. The second kappa shape index (κ2) is 3.84. The van der Waals surface area contributed by atoms with Crippen molar-refractivity contribution in [2.45, 2.75) is 6.29 Å². The van der Waals surface area contributed by atoms with Crippen molar-refractivity contribution >= 4 is 10.1 Å². The molecule has 62 valence electrons. The Morgan fingerprint density at radius 3 is 2.30 bits per heavy atom. The molecule has 0 fully saturated rings. The molecule has 0 saturated heterocycles. The van der Waals surface area contributed by atoms with Crippen LogP contribution in [0.25, 0.3) is 0 Å². The Hall–Kier alpha value is -0.210. The van der Waals surface area contributed by atoms with E-state index in [2.05, 4.69) is 5.32 Å². The van der Waals surface area contributed by atoms with Gasteiger partial charge in [-0.05, 0) is 0 Å². The average Bonchev–Trinajstić information content (AvgIpc) is 1.59. The van der Waals surface area contributed by atoms with E-state index in [1.54, 1.807) is 0 Å². The zero-order valence-electron chi connectivity index (χ0n) is 5.32. The third-order valence-corrected chi connectivity index (χ3v) is 1.46. The maximum atomic E-state index is 10.0. The van der Waals surface area contributed by atoms with Gasteiger partial charge in [-0.25, -0.2) is 0 Å². The number of rotatable bonds is 4. The first-order valence-corrected chi connectivity index (χ1v) is 4.22. The molecule has 0 radical (unpaired) electrons. The van der Waals surface area contributed by atoms with E-state index in [9.17, 15) is 8.42 Å². The van der Waals surface area contributed by atoms with E-state index in [4.69, 9.17) is 16.0 Å². The Kier molecular flexibility index (Phi) is 3.76. The van der Waals surface area contributed by atoms with Crippen molar-refractivity contribution < 1.29 is 13.0 Å². The summed E-state index contributed by atoms with van der Waals surface area (Å²) in [5, 5.41) is 2.42. The van der Waals surface area contributed by atoms with Crippen LogP contribution < -0.4 is 16.8 Å². The van der Waals surface area contributed by atoms with E-state index < -0.39 is 16.4 Å². The van der Waals surface area contributed by atoms with Crippen molar-refractivity contribution in [1.82, 2.24) is 5.32 Å². The van der Waals surface area contributed by atoms with Gasteiger partial charge in [-0.15, -0.1) is 0 Å². The molecule has 0 aliphatic heterocycles. The number of hydrogen-bond acceptors (Lipinski definition) is 5. The Bertz CT molecular complexity index is 175. The predicted molar refractivity (Wildman–Crippen MR) is 36.6 cm³/mol. The summed E-state index contributed by atoms with van der Waals surface area (Å²) in [7, 11) is -3.89. The van der Waals surface area contributed by atoms with Crippen LogP contribution in [0.4, 0.5) is 0 Å². The van der Waals surface area contributed by atoms with Crippen LogP contribution in [0.15, 0.2) is 0 Å². The van der Waals surface area contributed by atoms with Gasteiger partial charge in [0.25, 0.3) is 10.1 Å². The minimum Gasteiger partial charge on any atom is -0.304 e. The summed E-state index contributed by atoms with van der Waals surface area (Å²) in [4.78, 5) is 0. The van der Waals surface area contributed by atoms with E-state index >= 15 is 0 Å². The molecule has 0 atom stereocenters. The summed E-state index contributed by atoms with van der Waals surface area (Å²) in [5.74, 6) is -0.377. The fourth-order valence-electron chi connectivity index (χ4n) is 0.355. The van der Waals surface area contributed by atoms with Crippen LogP contribution in [0, 0.1) is 0 Å². The smallest absolute Gasteiger partial charge is 0.266 e. The van der Waals surface area contributed by atoms with Crippen LogP contribution in [0.5, 0.6) is 0 Å². The van der Waals surface area contributed by atoms with Gasteiger partial charge in [-0.2, -0.15) is 8.42 Å². The molecule has 0 heterocycles. The van der Waals surface area contributed by atoms with Crippen LogP contribution >= 0.6 is 0 Å². The van der Waals surface area contributed by atoms with Crippen LogP contribution in [-0.2, 0) is 10.1 Å². The summed E-state index contributed by atoms with van der Waals surface area (Å²) in [5.41, 5.74) is 10.0.